The maximum absolute atomic E-state index is 12.0. The topological polar surface area (TPSA) is 78.9 Å². The normalized spacial score (nSPS) is 21.6. The van der Waals surface area contributed by atoms with E-state index >= 15 is 0 Å². The highest BCUT2D eigenvalue weighted by Crippen LogP contribution is 2.19. The van der Waals surface area contributed by atoms with Crippen LogP contribution in [-0.2, 0) is 4.79 Å². The van der Waals surface area contributed by atoms with Crippen molar-refractivity contribution >= 4 is 11.7 Å². The van der Waals surface area contributed by atoms with Crippen molar-refractivity contribution in [1.82, 2.24) is 4.90 Å². The van der Waals surface area contributed by atoms with Gasteiger partial charge in [-0.1, -0.05) is 24.9 Å². The van der Waals surface area contributed by atoms with E-state index in [1.807, 2.05) is 0 Å². The third-order valence-corrected chi connectivity index (χ3v) is 3.27. The average molecular weight is 241 g/mol. The van der Waals surface area contributed by atoms with Gasteiger partial charge in [0.05, 0.1) is 6.04 Å². The van der Waals surface area contributed by atoms with Gasteiger partial charge in [0.15, 0.2) is 5.84 Å². The summed E-state index contributed by atoms with van der Waals surface area (Å²) in [6, 6.07) is -0.206. The molecule has 3 N–H and O–H groups in total. The fraction of sp³-hybridized carbons (Fsp3) is 0.833. The van der Waals surface area contributed by atoms with Gasteiger partial charge in [0.2, 0.25) is 5.91 Å². The zero-order chi connectivity index (χ0) is 12.7. The number of hydrogen-bond donors (Lipinski definition) is 2. The summed E-state index contributed by atoms with van der Waals surface area (Å²) in [5.41, 5.74) is 5.64. The maximum Gasteiger partial charge on any atom is 0.223 e. The summed E-state index contributed by atoms with van der Waals surface area (Å²) in [5, 5.41) is 11.8. The number of hydrogen-bond acceptors (Lipinski definition) is 3. The molecule has 0 aromatic carbocycles. The number of amides is 1. The Labute approximate surface area is 103 Å². The molecular formula is C12H23N3O2. The van der Waals surface area contributed by atoms with Gasteiger partial charge in [0.25, 0.3) is 0 Å². The fourth-order valence-corrected chi connectivity index (χ4v) is 2.27. The monoisotopic (exact) mass is 241 g/mol. The lowest BCUT2D eigenvalue weighted by Gasteiger charge is -2.34. The summed E-state index contributed by atoms with van der Waals surface area (Å²) in [5.74, 6) is 0.295. The molecule has 0 radical (unpaired) electrons. The molecule has 1 rings (SSSR count). The zero-order valence-electron chi connectivity index (χ0n) is 10.6. The van der Waals surface area contributed by atoms with Crippen LogP contribution in [0.25, 0.3) is 0 Å². The number of amidine groups is 1. The molecule has 1 unspecified atom stereocenters. The predicted molar refractivity (Wildman–Crippen MR) is 66.9 cm³/mol. The second kappa shape index (κ2) is 7.14. The molecule has 1 fully saturated rings. The van der Waals surface area contributed by atoms with Crippen molar-refractivity contribution in [3.05, 3.63) is 0 Å². The van der Waals surface area contributed by atoms with Crippen LogP contribution in [0.4, 0.5) is 0 Å². The fourth-order valence-electron chi connectivity index (χ4n) is 2.27. The number of carbonyl (C=O) groups excluding carboxylic acids is 1. The Hall–Kier alpha value is -1.26. The molecule has 0 bridgehead atoms. The molecule has 17 heavy (non-hydrogen) atoms. The van der Waals surface area contributed by atoms with Crippen LogP contribution in [0.5, 0.6) is 0 Å². The molecule has 0 saturated carbocycles. The van der Waals surface area contributed by atoms with Crippen LogP contribution in [0.1, 0.15) is 51.9 Å². The first-order valence-corrected chi connectivity index (χ1v) is 6.47. The first kappa shape index (κ1) is 13.8. The second-order valence-electron chi connectivity index (χ2n) is 4.58. The summed E-state index contributed by atoms with van der Waals surface area (Å²) >= 11 is 0. The van der Waals surface area contributed by atoms with Crippen LogP contribution < -0.4 is 5.73 Å². The van der Waals surface area contributed by atoms with E-state index in [9.17, 15) is 4.79 Å². The van der Waals surface area contributed by atoms with Crippen LogP contribution in [0.2, 0.25) is 0 Å². The van der Waals surface area contributed by atoms with E-state index in [1.165, 1.54) is 0 Å². The largest absolute Gasteiger partial charge is 0.409 e. The van der Waals surface area contributed by atoms with Crippen molar-refractivity contribution in [2.45, 2.75) is 57.9 Å². The van der Waals surface area contributed by atoms with Crippen molar-refractivity contribution < 1.29 is 10.0 Å². The van der Waals surface area contributed by atoms with Crippen LogP contribution in [0.3, 0.4) is 0 Å². The third kappa shape index (κ3) is 3.91. The summed E-state index contributed by atoms with van der Waals surface area (Å²) in [6.07, 6.45) is 6.52. The summed E-state index contributed by atoms with van der Waals surface area (Å²) in [4.78, 5) is 13.8. The Kier molecular flexibility index (Phi) is 5.80. The summed E-state index contributed by atoms with van der Waals surface area (Å²) in [6.45, 7) is 2.84. The lowest BCUT2D eigenvalue weighted by atomic mass is 10.0. The minimum Gasteiger partial charge on any atom is -0.409 e. The Balaban J connectivity index is 2.55. The molecule has 1 heterocycles. The van der Waals surface area contributed by atoms with Gasteiger partial charge in [-0.25, -0.2) is 0 Å². The number of likely N-dealkylation sites (tertiary alicyclic amines) is 1. The summed E-state index contributed by atoms with van der Waals surface area (Å²) in [7, 11) is 0. The molecule has 5 nitrogen and oxygen atoms in total. The van der Waals surface area contributed by atoms with Gasteiger partial charge >= 0.3 is 0 Å². The van der Waals surface area contributed by atoms with Gasteiger partial charge in [0.1, 0.15) is 0 Å². The van der Waals surface area contributed by atoms with E-state index in [1.54, 1.807) is 4.90 Å². The van der Waals surface area contributed by atoms with E-state index in [-0.39, 0.29) is 17.8 Å². The van der Waals surface area contributed by atoms with Crippen LogP contribution >= 0.6 is 0 Å². The number of unbranched alkanes of at least 4 members (excludes halogenated alkanes) is 2. The molecule has 5 heteroatoms. The number of oxime groups is 1. The molecule has 0 aromatic heterocycles. The molecule has 1 aliphatic rings. The highest BCUT2D eigenvalue weighted by atomic mass is 16.4. The van der Waals surface area contributed by atoms with Gasteiger partial charge < -0.3 is 15.8 Å². The quantitative estimate of drug-likeness (QED) is 0.253. The number of rotatable bonds is 5. The van der Waals surface area contributed by atoms with Crippen LogP contribution in [0, 0.1) is 0 Å². The molecular weight excluding hydrogens is 218 g/mol. The van der Waals surface area contributed by atoms with E-state index in [0.29, 0.717) is 6.42 Å². The molecule has 0 aliphatic carbocycles. The van der Waals surface area contributed by atoms with Crippen molar-refractivity contribution in [3.63, 3.8) is 0 Å². The number of nitrogens with zero attached hydrogens (tertiary/aromatic N) is 2. The molecule has 98 valence electrons. The van der Waals surface area contributed by atoms with Crippen LogP contribution in [0.15, 0.2) is 5.16 Å². The zero-order valence-corrected chi connectivity index (χ0v) is 10.6. The third-order valence-electron chi connectivity index (χ3n) is 3.27. The Morgan fingerprint density at radius 3 is 2.88 bits per heavy atom. The minimum atomic E-state index is -0.206. The predicted octanol–water partition coefficient (Wildman–Crippen LogP) is 1.69. The van der Waals surface area contributed by atoms with Gasteiger partial charge in [0, 0.05) is 13.0 Å². The highest BCUT2D eigenvalue weighted by molar-refractivity contribution is 5.90. The van der Waals surface area contributed by atoms with Crippen LogP contribution in [-0.4, -0.2) is 34.4 Å². The minimum absolute atomic E-state index is 0.134. The van der Waals surface area contributed by atoms with E-state index in [2.05, 4.69) is 12.1 Å². The summed E-state index contributed by atoms with van der Waals surface area (Å²) < 4.78 is 0. The number of nitrogens with two attached hydrogens (primary N) is 1. The highest BCUT2D eigenvalue weighted by Gasteiger charge is 2.29. The van der Waals surface area contributed by atoms with Crippen molar-refractivity contribution in [1.29, 1.82) is 0 Å². The SMILES string of the molecule is CCCCCC(=O)N1CCCCC1C(N)=NO. The standard InChI is InChI=1S/C12H23N3O2/c1-2-3-4-8-11(16)15-9-6-5-7-10(15)12(13)14-17/h10,17H,2-9H2,1H3,(H2,13,14). The van der Waals surface area contributed by atoms with E-state index < -0.39 is 0 Å². The van der Waals surface area contributed by atoms with E-state index in [0.717, 1.165) is 45.1 Å². The lowest BCUT2D eigenvalue weighted by Crippen LogP contribution is -2.50. The Morgan fingerprint density at radius 2 is 2.24 bits per heavy atom. The number of carbonyl (C=O) groups is 1. The van der Waals surface area contributed by atoms with Gasteiger partial charge in [-0.05, 0) is 25.7 Å². The molecule has 1 atom stereocenters. The number of piperidine rings is 1. The second-order valence-corrected chi connectivity index (χ2v) is 4.58. The van der Waals surface area contributed by atoms with Crippen molar-refractivity contribution in [2.75, 3.05) is 6.54 Å². The van der Waals surface area contributed by atoms with E-state index in [4.69, 9.17) is 10.9 Å². The van der Waals surface area contributed by atoms with Gasteiger partial charge in [-0.2, -0.15) is 0 Å². The van der Waals surface area contributed by atoms with Gasteiger partial charge in [-0.15, -0.1) is 0 Å². The Morgan fingerprint density at radius 1 is 1.47 bits per heavy atom. The first-order chi connectivity index (χ1) is 8.20. The molecule has 0 aromatic rings. The van der Waals surface area contributed by atoms with Crippen molar-refractivity contribution in [3.8, 4) is 0 Å². The lowest BCUT2D eigenvalue weighted by molar-refractivity contribution is -0.133. The van der Waals surface area contributed by atoms with Crippen molar-refractivity contribution in [2.24, 2.45) is 10.9 Å². The smallest absolute Gasteiger partial charge is 0.223 e. The first-order valence-electron chi connectivity index (χ1n) is 6.47. The Bertz CT molecular complexity index is 279. The van der Waals surface area contributed by atoms with Gasteiger partial charge in [-0.3, -0.25) is 4.79 Å². The molecule has 1 saturated heterocycles. The molecule has 1 aliphatic heterocycles. The average Bonchev–Trinajstić information content (AvgIpc) is 2.38. The molecule has 0 spiro atoms. The maximum atomic E-state index is 12.0. The molecule has 1 amide bonds.